The zero-order valence-electron chi connectivity index (χ0n) is 12.3. The van der Waals surface area contributed by atoms with Crippen LogP contribution in [0.5, 0.6) is 11.5 Å². The van der Waals surface area contributed by atoms with E-state index in [2.05, 4.69) is 11.4 Å². The van der Waals surface area contributed by atoms with Crippen LogP contribution in [0.25, 0.3) is 0 Å². The molecule has 2 aliphatic rings. The minimum atomic E-state index is -0.213. The number of ether oxygens (including phenoxy) is 2. The van der Waals surface area contributed by atoms with Crippen LogP contribution in [0.2, 0.25) is 0 Å². The minimum Gasteiger partial charge on any atom is -0.493 e. The summed E-state index contributed by atoms with van der Waals surface area (Å²) in [6.07, 6.45) is 2.14. The molecule has 0 bridgehead atoms. The maximum atomic E-state index is 12.2. The number of amides is 1. The van der Waals surface area contributed by atoms with Gasteiger partial charge in [-0.1, -0.05) is 0 Å². The van der Waals surface area contributed by atoms with Crippen LogP contribution in [0, 0.1) is 0 Å². The van der Waals surface area contributed by atoms with Gasteiger partial charge < -0.3 is 14.8 Å². The molecule has 1 aromatic rings. The van der Waals surface area contributed by atoms with Crippen LogP contribution in [-0.2, 0) is 24.1 Å². The first-order valence-electron chi connectivity index (χ1n) is 7.18. The van der Waals surface area contributed by atoms with Gasteiger partial charge in [-0.25, -0.2) is 0 Å². The summed E-state index contributed by atoms with van der Waals surface area (Å²) in [6, 6.07) is 2.08. The summed E-state index contributed by atoms with van der Waals surface area (Å²) >= 11 is 0. The average Bonchev–Trinajstić information content (AvgIpc) is 2.93. The second-order valence-electron chi connectivity index (χ2n) is 6.49. The molecule has 0 atom stereocenters. The fourth-order valence-corrected chi connectivity index (χ4v) is 2.89. The third kappa shape index (κ3) is 2.47. The Morgan fingerprint density at radius 3 is 2.75 bits per heavy atom. The molecule has 0 saturated carbocycles. The van der Waals surface area contributed by atoms with Gasteiger partial charge in [0.2, 0.25) is 5.91 Å². The molecule has 2 aliphatic heterocycles. The normalized spacial score (nSPS) is 16.1. The molecule has 1 aromatic carbocycles. The number of fused-ring (bicyclic) bond motifs is 2. The quantitative estimate of drug-likeness (QED) is 0.898. The number of benzene rings is 1. The molecule has 0 radical (unpaired) electrons. The van der Waals surface area contributed by atoms with E-state index in [1.165, 1.54) is 5.56 Å². The Bertz CT molecular complexity index is 526. The van der Waals surface area contributed by atoms with Gasteiger partial charge in [0.15, 0.2) is 0 Å². The Labute approximate surface area is 119 Å². The van der Waals surface area contributed by atoms with Crippen molar-refractivity contribution in [1.29, 1.82) is 0 Å². The highest BCUT2D eigenvalue weighted by Crippen LogP contribution is 2.40. The van der Waals surface area contributed by atoms with Crippen molar-refractivity contribution in [3.8, 4) is 11.5 Å². The SMILES string of the molecule is CC(C)(C)NC(=O)Cc1c2c(cc3c1OCC3)OCC2. The van der Waals surface area contributed by atoms with Crippen molar-refractivity contribution in [3.63, 3.8) is 0 Å². The second-order valence-corrected chi connectivity index (χ2v) is 6.49. The lowest BCUT2D eigenvalue weighted by atomic mass is 9.96. The molecule has 1 N–H and O–H groups in total. The smallest absolute Gasteiger partial charge is 0.224 e. The second kappa shape index (κ2) is 4.69. The van der Waals surface area contributed by atoms with E-state index >= 15 is 0 Å². The Morgan fingerprint density at radius 2 is 2.00 bits per heavy atom. The molecule has 2 heterocycles. The van der Waals surface area contributed by atoms with Gasteiger partial charge in [-0.05, 0) is 26.8 Å². The van der Waals surface area contributed by atoms with Crippen molar-refractivity contribution in [1.82, 2.24) is 5.32 Å². The number of hydrogen-bond donors (Lipinski definition) is 1. The van der Waals surface area contributed by atoms with Crippen molar-refractivity contribution in [2.45, 2.75) is 45.6 Å². The molecule has 4 heteroatoms. The van der Waals surface area contributed by atoms with Crippen LogP contribution in [0.15, 0.2) is 6.07 Å². The van der Waals surface area contributed by atoms with Crippen LogP contribution >= 0.6 is 0 Å². The first-order valence-corrected chi connectivity index (χ1v) is 7.18. The fourth-order valence-electron chi connectivity index (χ4n) is 2.89. The number of carbonyl (C=O) groups is 1. The standard InChI is InChI=1S/C16H21NO3/c1-16(2,3)17-14(18)9-12-11-5-7-19-13(11)8-10-4-6-20-15(10)12/h8H,4-7,9H2,1-3H3,(H,17,18). The Hall–Kier alpha value is -1.71. The van der Waals surface area contributed by atoms with Crippen LogP contribution < -0.4 is 14.8 Å². The monoisotopic (exact) mass is 275 g/mol. The Kier molecular flexibility index (Phi) is 3.11. The van der Waals surface area contributed by atoms with Crippen molar-refractivity contribution >= 4 is 5.91 Å². The van der Waals surface area contributed by atoms with Gasteiger partial charge in [0, 0.05) is 35.1 Å². The van der Waals surface area contributed by atoms with E-state index < -0.39 is 0 Å². The molecule has 0 fully saturated rings. The van der Waals surface area contributed by atoms with E-state index in [-0.39, 0.29) is 11.4 Å². The predicted molar refractivity (Wildman–Crippen MR) is 76.4 cm³/mol. The lowest BCUT2D eigenvalue weighted by molar-refractivity contribution is -0.121. The maximum Gasteiger partial charge on any atom is 0.224 e. The summed E-state index contributed by atoms with van der Waals surface area (Å²) in [5.74, 6) is 1.89. The number of hydrogen-bond acceptors (Lipinski definition) is 3. The first kappa shape index (κ1) is 13.3. The molecular weight excluding hydrogens is 254 g/mol. The zero-order chi connectivity index (χ0) is 14.3. The largest absolute Gasteiger partial charge is 0.493 e. The molecule has 0 aliphatic carbocycles. The van der Waals surface area contributed by atoms with Crippen molar-refractivity contribution < 1.29 is 14.3 Å². The molecule has 20 heavy (non-hydrogen) atoms. The van der Waals surface area contributed by atoms with E-state index in [0.29, 0.717) is 19.6 Å². The molecule has 3 rings (SSSR count). The molecular formula is C16H21NO3. The number of rotatable bonds is 2. The van der Waals surface area contributed by atoms with E-state index in [0.717, 1.165) is 35.5 Å². The van der Waals surface area contributed by atoms with Crippen LogP contribution in [0.4, 0.5) is 0 Å². The molecule has 0 aromatic heterocycles. The minimum absolute atomic E-state index is 0.0375. The van der Waals surface area contributed by atoms with E-state index in [4.69, 9.17) is 9.47 Å². The molecule has 1 amide bonds. The highest BCUT2D eigenvalue weighted by Gasteiger charge is 2.28. The van der Waals surface area contributed by atoms with E-state index in [9.17, 15) is 4.79 Å². The Balaban J connectivity index is 1.91. The van der Waals surface area contributed by atoms with Gasteiger partial charge in [0.25, 0.3) is 0 Å². The third-order valence-electron chi connectivity index (χ3n) is 3.61. The van der Waals surface area contributed by atoms with Crippen LogP contribution in [-0.4, -0.2) is 24.7 Å². The van der Waals surface area contributed by atoms with Crippen LogP contribution in [0.1, 0.15) is 37.5 Å². The summed E-state index contributed by atoms with van der Waals surface area (Å²) in [7, 11) is 0. The summed E-state index contributed by atoms with van der Waals surface area (Å²) in [5, 5.41) is 3.01. The summed E-state index contributed by atoms with van der Waals surface area (Å²) in [6.45, 7) is 7.37. The van der Waals surface area contributed by atoms with Gasteiger partial charge in [-0.15, -0.1) is 0 Å². The van der Waals surface area contributed by atoms with Gasteiger partial charge in [-0.2, -0.15) is 0 Å². The fraction of sp³-hybridized carbons (Fsp3) is 0.562. The lowest BCUT2D eigenvalue weighted by Gasteiger charge is -2.21. The topological polar surface area (TPSA) is 47.6 Å². The molecule has 0 saturated heterocycles. The Morgan fingerprint density at radius 1 is 1.25 bits per heavy atom. The van der Waals surface area contributed by atoms with E-state index in [1.54, 1.807) is 0 Å². The lowest BCUT2D eigenvalue weighted by Crippen LogP contribution is -2.41. The summed E-state index contributed by atoms with van der Waals surface area (Å²) in [4.78, 5) is 12.2. The highest BCUT2D eigenvalue weighted by molar-refractivity contribution is 5.81. The highest BCUT2D eigenvalue weighted by atomic mass is 16.5. The van der Waals surface area contributed by atoms with E-state index in [1.807, 2.05) is 20.8 Å². The van der Waals surface area contributed by atoms with Gasteiger partial charge in [0.05, 0.1) is 19.6 Å². The third-order valence-corrected chi connectivity index (χ3v) is 3.61. The van der Waals surface area contributed by atoms with Gasteiger partial charge in [0.1, 0.15) is 11.5 Å². The number of carbonyl (C=O) groups excluding carboxylic acids is 1. The number of nitrogens with one attached hydrogen (secondary N) is 1. The maximum absolute atomic E-state index is 12.2. The van der Waals surface area contributed by atoms with Crippen molar-refractivity contribution in [2.24, 2.45) is 0 Å². The molecule has 0 spiro atoms. The summed E-state index contributed by atoms with van der Waals surface area (Å²) < 4.78 is 11.4. The van der Waals surface area contributed by atoms with Crippen LogP contribution in [0.3, 0.4) is 0 Å². The van der Waals surface area contributed by atoms with Crippen molar-refractivity contribution in [3.05, 3.63) is 22.8 Å². The zero-order valence-corrected chi connectivity index (χ0v) is 12.3. The van der Waals surface area contributed by atoms with Gasteiger partial charge >= 0.3 is 0 Å². The van der Waals surface area contributed by atoms with Gasteiger partial charge in [-0.3, -0.25) is 4.79 Å². The average molecular weight is 275 g/mol. The molecule has 4 nitrogen and oxygen atoms in total. The summed E-state index contributed by atoms with van der Waals surface area (Å²) in [5.41, 5.74) is 3.13. The van der Waals surface area contributed by atoms with Crippen molar-refractivity contribution in [2.75, 3.05) is 13.2 Å². The first-order chi connectivity index (χ1) is 9.44. The predicted octanol–water partition coefficient (Wildman–Crippen LogP) is 2.01. The molecule has 108 valence electrons. The molecule has 0 unspecified atom stereocenters.